The smallest absolute Gasteiger partial charge is 0.356 e. The summed E-state index contributed by atoms with van der Waals surface area (Å²) < 4.78 is 39.3. The Morgan fingerprint density at radius 2 is 1.79 bits per heavy atom. The highest BCUT2D eigenvalue weighted by Gasteiger charge is 2.33. The molecule has 0 bridgehead atoms. The molecular weight excluding hydrogens is 383 g/mol. The first kappa shape index (κ1) is 19.8. The number of rotatable bonds is 3. The number of fused-ring (bicyclic) bond motifs is 1. The first-order valence-electron chi connectivity index (χ1n) is 10.1. The molecule has 4 rings (SSSR count). The summed E-state index contributed by atoms with van der Waals surface area (Å²) in [6.45, 7) is 2.02. The van der Waals surface area contributed by atoms with E-state index in [4.69, 9.17) is 0 Å². The maximum atomic E-state index is 12.7. The van der Waals surface area contributed by atoms with Crippen LogP contribution in [0.4, 0.5) is 19.0 Å². The number of aromatic nitrogens is 4. The zero-order valence-electron chi connectivity index (χ0n) is 16.2. The van der Waals surface area contributed by atoms with E-state index in [1.54, 1.807) is 6.33 Å². The van der Waals surface area contributed by atoms with Crippen molar-refractivity contribution in [2.45, 2.75) is 57.7 Å². The fourth-order valence-electron chi connectivity index (χ4n) is 4.28. The van der Waals surface area contributed by atoms with E-state index in [0.29, 0.717) is 12.6 Å². The minimum absolute atomic E-state index is 0.225. The van der Waals surface area contributed by atoms with E-state index in [-0.39, 0.29) is 5.92 Å². The summed E-state index contributed by atoms with van der Waals surface area (Å²) in [5, 5.41) is 0. The van der Waals surface area contributed by atoms with Gasteiger partial charge in [-0.1, -0.05) is 6.42 Å². The van der Waals surface area contributed by atoms with Crippen LogP contribution in [-0.2, 0) is 25.6 Å². The van der Waals surface area contributed by atoms with E-state index < -0.39 is 17.4 Å². The lowest BCUT2D eigenvalue weighted by molar-refractivity contribution is -0.141. The largest absolute Gasteiger partial charge is 0.433 e. The standard InChI is InChI=1S/C20H24F3N5O/c21-20(22,23)17-10-18(29)28(13-26-17)11-14-6-8-27(9-7-14)19-15-4-2-1-3-5-16(15)24-12-25-19/h10,12-14H,1-9,11H2. The van der Waals surface area contributed by atoms with Crippen LogP contribution in [0.2, 0.25) is 0 Å². The fourth-order valence-corrected chi connectivity index (χ4v) is 4.28. The molecule has 1 saturated heterocycles. The van der Waals surface area contributed by atoms with Crippen molar-refractivity contribution in [3.05, 3.63) is 46.0 Å². The summed E-state index contributed by atoms with van der Waals surface area (Å²) in [6.07, 6.45) is 5.34. The van der Waals surface area contributed by atoms with E-state index in [1.165, 1.54) is 23.0 Å². The SMILES string of the molecule is O=c1cc(C(F)(F)F)ncn1CC1CCN(c2ncnc3c2CCCCC3)CC1. The normalized spacial score (nSPS) is 18.4. The lowest BCUT2D eigenvalue weighted by Crippen LogP contribution is -2.37. The Labute approximate surface area is 166 Å². The van der Waals surface area contributed by atoms with Crippen molar-refractivity contribution in [2.24, 2.45) is 5.92 Å². The summed E-state index contributed by atoms with van der Waals surface area (Å²) in [5.74, 6) is 1.26. The van der Waals surface area contributed by atoms with E-state index in [9.17, 15) is 18.0 Å². The van der Waals surface area contributed by atoms with E-state index in [0.717, 1.165) is 63.0 Å². The molecule has 3 heterocycles. The van der Waals surface area contributed by atoms with Crippen LogP contribution in [0.25, 0.3) is 0 Å². The van der Waals surface area contributed by atoms with E-state index in [1.807, 2.05) is 0 Å². The summed E-state index contributed by atoms with van der Waals surface area (Å²) >= 11 is 0. The number of hydrogen-bond donors (Lipinski definition) is 0. The van der Waals surface area contributed by atoms with Gasteiger partial charge in [0.1, 0.15) is 12.1 Å². The highest BCUT2D eigenvalue weighted by Crippen LogP contribution is 2.30. The molecule has 2 aliphatic rings. The highest BCUT2D eigenvalue weighted by atomic mass is 19.4. The quantitative estimate of drug-likeness (QED) is 0.731. The van der Waals surface area contributed by atoms with Crippen LogP contribution in [-0.4, -0.2) is 32.6 Å². The first-order chi connectivity index (χ1) is 13.9. The molecule has 2 aromatic rings. The van der Waals surface area contributed by atoms with Gasteiger partial charge in [-0.25, -0.2) is 15.0 Å². The molecule has 0 saturated carbocycles. The summed E-state index contributed by atoms with van der Waals surface area (Å²) in [6, 6.07) is 0.575. The molecule has 1 aliphatic heterocycles. The second-order valence-electron chi connectivity index (χ2n) is 7.88. The van der Waals surface area contributed by atoms with Gasteiger partial charge in [0.15, 0.2) is 5.69 Å². The molecular formula is C20H24F3N5O. The Morgan fingerprint density at radius 1 is 1.03 bits per heavy atom. The lowest BCUT2D eigenvalue weighted by Gasteiger charge is -2.34. The average molecular weight is 407 g/mol. The van der Waals surface area contributed by atoms with E-state index >= 15 is 0 Å². The zero-order chi connectivity index (χ0) is 20.4. The molecule has 0 atom stereocenters. The van der Waals surface area contributed by atoms with Gasteiger partial charge in [0.2, 0.25) is 0 Å². The molecule has 1 aliphatic carbocycles. The van der Waals surface area contributed by atoms with Gasteiger partial charge >= 0.3 is 6.18 Å². The summed E-state index contributed by atoms with van der Waals surface area (Å²) in [4.78, 5) is 26.8. The molecule has 29 heavy (non-hydrogen) atoms. The van der Waals surface area contributed by atoms with Crippen molar-refractivity contribution < 1.29 is 13.2 Å². The molecule has 2 aromatic heterocycles. The predicted octanol–water partition coefficient (Wildman–Crippen LogP) is 3.24. The minimum atomic E-state index is -4.60. The highest BCUT2D eigenvalue weighted by molar-refractivity contribution is 5.49. The van der Waals surface area contributed by atoms with Crippen LogP contribution in [0.15, 0.2) is 23.5 Å². The number of halogens is 3. The Hall–Kier alpha value is -2.45. The maximum Gasteiger partial charge on any atom is 0.433 e. The molecule has 0 unspecified atom stereocenters. The molecule has 9 heteroatoms. The third kappa shape index (κ3) is 4.43. The fraction of sp³-hybridized carbons (Fsp3) is 0.600. The predicted molar refractivity (Wildman–Crippen MR) is 102 cm³/mol. The summed E-state index contributed by atoms with van der Waals surface area (Å²) in [5.41, 5.74) is 0.637. The monoisotopic (exact) mass is 407 g/mol. The first-order valence-corrected chi connectivity index (χ1v) is 10.1. The second-order valence-corrected chi connectivity index (χ2v) is 7.88. The van der Waals surface area contributed by atoms with Crippen molar-refractivity contribution in [3.63, 3.8) is 0 Å². The summed E-state index contributed by atoms with van der Waals surface area (Å²) in [7, 11) is 0. The third-order valence-electron chi connectivity index (χ3n) is 5.89. The second kappa shape index (κ2) is 8.12. The van der Waals surface area contributed by atoms with Gasteiger partial charge in [0.25, 0.3) is 5.56 Å². The van der Waals surface area contributed by atoms with Gasteiger partial charge in [-0.3, -0.25) is 9.36 Å². The van der Waals surface area contributed by atoms with Crippen molar-refractivity contribution in [3.8, 4) is 0 Å². The molecule has 0 aromatic carbocycles. The number of nitrogens with zero attached hydrogens (tertiary/aromatic N) is 5. The Balaban J connectivity index is 1.41. The van der Waals surface area contributed by atoms with Crippen LogP contribution >= 0.6 is 0 Å². The van der Waals surface area contributed by atoms with Gasteiger partial charge in [0.05, 0.1) is 6.33 Å². The molecule has 0 spiro atoms. The van der Waals surface area contributed by atoms with Crippen LogP contribution in [0, 0.1) is 5.92 Å². The van der Waals surface area contributed by atoms with Crippen LogP contribution < -0.4 is 10.5 Å². The topological polar surface area (TPSA) is 63.9 Å². The molecule has 0 N–H and O–H groups in total. The number of piperidine rings is 1. The van der Waals surface area contributed by atoms with Gasteiger partial charge in [-0.2, -0.15) is 13.2 Å². The zero-order valence-corrected chi connectivity index (χ0v) is 16.2. The molecule has 6 nitrogen and oxygen atoms in total. The Kier molecular flexibility index (Phi) is 5.56. The van der Waals surface area contributed by atoms with Gasteiger partial charge in [0, 0.05) is 37.0 Å². The third-order valence-corrected chi connectivity index (χ3v) is 5.89. The maximum absolute atomic E-state index is 12.7. The van der Waals surface area contributed by atoms with Crippen molar-refractivity contribution in [1.82, 2.24) is 19.5 Å². The van der Waals surface area contributed by atoms with Crippen LogP contribution in [0.3, 0.4) is 0 Å². The van der Waals surface area contributed by atoms with Crippen LogP contribution in [0.1, 0.15) is 49.1 Å². The molecule has 0 amide bonds. The van der Waals surface area contributed by atoms with Crippen molar-refractivity contribution in [1.29, 1.82) is 0 Å². The van der Waals surface area contributed by atoms with Gasteiger partial charge in [-0.05, 0) is 44.4 Å². The Bertz CT molecular complexity index is 919. The average Bonchev–Trinajstić information content (AvgIpc) is 2.95. The molecule has 1 fully saturated rings. The number of alkyl halides is 3. The minimum Gasteiger partial charge on any atom is -0.356 e. The van der Waals surface area contributed by atoms with Crippen LogP contribution in [0.5, 0.6) is 0 Å². The van der Waals surface area contributed by atoms with Gasteiger partial charge in [-0.15, -0.1) is 0 Å². The van der Waals surface area contributed by atoms with Gasteiger partial charge < -0.3 is 4.90 Å². The number of hydrogen-bond acceptors (Lipinski definition) is 5. The number of anilines is 1. The number of aryl methyl sites for hydroxylation is 1. The van der Waals surface area contributed by atoms with Crippen molar-refractivity contribution in [2.75, 3.05) is 18.0 Å². The molecule has 0 radical (unpaired) electrons. The Morgan fingerprint density at radius 3 is 2.52 bits per heavy atom. The molecule has 156 valence electrons. The van der Waals surface area contributed by atoms with E-state index in [2.05, 4.69) is 19.9 Å². The van der Waals surface area contributed by atoms with Crippen molar-refractivity contribution >= 4 is 5.82 Å². The lowest BCUT2D eigenvalue weighted by atomic mass is 9.96.